The Morgan fingerprint density at radius 1 is 0.967 bits per heavy atom. The number of nitrogens with one attached hydrogen (secondary N) is 1. The maximum Gasteiger partial charge on any atom is 0.300 e. The summed E-state index contributed by atoms with van der Waals surface area (Å²) in [6.45, 7) is 3.50. The molecule has 0 radical (unpaired) electrons. The lowest BCUT2D eigenvalue weighted by Crippen LogP contribution is -2.03. The topological polar surface area (TPSA) is 72.2 Å². The van der Waals surface area contributed by atoms with E-state index < -0.39 is 7.14 Å². The van der Waals surface area contributed by atoms with Crippen LogP contribution in [0.4, 0.5) is 11.7 Å². The Morgan fingerprint density at radius 2 is 1.80 bits per heavy atom. The number of Topliss-reactive ketones (excluding diaryl/α,β-unsaturated/α-hetero) is 1. The van der Waals surface area contributed by atoms with Gasteiger partial charge in [0.15, 0.2) is 11.4 Å². The minimum Gasteiger partial charge on any atom is -0.423 e. The van der Waals surface area contributed by atoms with Crippen molar-refractivity contribution in [1.82, 2.24) is 4.98 Å². The molecule has 5 nitrogen and oxygen atoms in total. The molecule has 5 rings (SSSR count). The largest absolute Gasteiger partial charge is 0.423 e. The summed E-state index contributed by atoms with van der Waals surface area (Å²) in [6, 6.07) is 19.7. The monoisotopic (exact) mass is 416 g/mol. The number of benzene rings is 3. The molecule has 1 N–H and O–H groups in total. The van der Waals surface area contributed by atoms with Crippen LogP contribution in [0.25, 0.3) is 22.2 Å². The predicted octanol–water partition coefficient (Wildman–Crippen LogP) is 5.62. The fraction of sp³-hybridized carbons (Fsp3) is 0.167. The number of oxazole rings is 1. The molecule has 4 aromatic rings. The molecule has 1 aliphatic carbocycles. The van der Waals surface area contributed by atoms with E-state index in [1.165, 1.54) is 0 Å². The normalized spacial score (nSPS) is 13.6. The van der Waals surface area contributed by atoms with Gasteiger partial charge in [-0.05, 0) is 49.1 Å². The summed E-state index contributed by atoms with van der Waals surface area (Å²) in [7, 11) is -2.35. The molecular weight excluding hydrogens is 395 g/mol. The summed E-state index contributed by atoms with van der Waals surface area (Å²) in [5, 5.41) is 3.99. The number of para-hydroxylation sites is 1. The minimum atomic E-state index is -2.35. The molecule has 6 heteroatoms. The third-order valence-electron chi connectivity index (χ3n) is 5.47. The Kier molecular flexibility index (Phi) is 4.37. The lowest BCUT2D eigenvalue weighted by Gasteiger charge is -2.09. The Bertz CT molecular complexity index is 1350. The fourth-order valence-corrected chi connectivity index (χ4v) is 4.79. The summed E-state index contributed by atoms with van der Waals surface area (Å²) in [5.41, 5.74) is 6.09. The first kappa shape index (κ1) is 18.8. The van der Waals surface area contributed by atoms with Crippen molar-refractivity contribution in [2.45, 2.75) is 12.8 Å². The molecule has 3 aromatic carbocycles. The maximum atomic E-state index is 12.4. The van der Waals surface area contributed by atoms with E-state index >= 15 is 0 Å². The number of rotatable bonds is 4. The molecule has 30 heavy (non-hydrogen) atoms. The number of anilines is 2. The van der Waals surface area contributed by atoms with Gasteiger partial charge in [-0.15, -0.1) is 0 Å². The predicted molar refractivity (Wildman–Crippen MR) is 121 cm³/mol. The van der Waals surface area contributed by atoms with Crippen molar-refractivity contribution in [3.05, 3.63) is 71.8 Å². The summed E-state index contributed by atoms with van der Waals surface area (Å²) in [5.74, 6) is 0.215. The van der Waals surface area contributed by atoms with Gasteiger partial charge in [-0.25, -0.2) is 0 Å². The molecule has 0 unspecified atom stereocenters. The number of fused-ring (bicyclic) bond motifs is 2. The summed E-state index contributed by atoms with van der Waals surface area (Å²) >= 11 is 0. The average Bonchev–Trinajstić information content (AvgIpc) is 3.30. The van der Waals surface area contributed by atoms with Crippen LogP contribution < -0.4 is 10.6 Å². The van der Waals surface area contributed by atoms with Crippen LogP contribution in [0.2, 0.25) is 0 Å². The maximum absolute atomic E-state index is 12.4. The zero-order chi connectivity index (χ0) is 20.9. The second-order valence-corrected chi connectivity index (χ2v) is 11.2. The standard InChI is InChI=1S/C24H21N2O3P/c1-30(2,28)18-6-3-5-17(14-18)25-24-26-21-8-4-7-20(23(21)29-24)16-9-11-19-15(13-16)10-12-22(19)27/h3-9,11,13-14H,10,12H2,1-2H3,(H,25,26). The van der Waals surface area contributed by atoms with Crippen molar-refractivity contribution >= 4 is 41.0 Å². The van der Waals surface area contributed by atoms with Crippen LogP contribution in [0.1, 0.15) is 22.3 Å². The van der Waals surface area contributed by atoms with Gasteiger partial charge in [0, 0.05) is 28.5 Å². The van der Waals surface area contributed by atoms with Gasteiger partial charge in [-0.2, -0.15) is 4.98 Å². The van der Waals surface area contributed by atoms with Gasteiger partial charge in [0.25, 0.3) is 6.01 Å². The number of aryl methyl sites for hydroxylation is 1. The molecule has 1 heterocycles. The first-order valence-corrected chi connectivity index (χ1v) is 12.5. The van der Waals surface area contributed by atoms with Crippen LogP contribution in [0, 0.1) is 0 Å². The van der Waals surface area contributed by atoms with E-state index in [0.717, 1.165) is 45.2 Å². The second-order valence-electron chi connectivity index (χ2n) is 7.99. The average molecular weight is 416 g/mol. The number of hydrogen-bond donors (Lipinski definition) is 1. The van der Waals surface area contributed by atoms with Crippen molar-refractivity contribution < 1.29 is 13.8 Å². The Balaban J connectivity index is 1.52. The lowest BCUT2D eigenvalue weighted by atomic mass is 10.00. The van der Waals surface area contributed by atoms with E-state index in [-0.39, 0.29) is 5.78 Å². The van der Waals surface area contributed by atoms with Crippen molar-refractivity contribution in [2.24, 2.45) is 0 Å². The van der Waals surface area contributed by atoms with E-state index in [9.17, 15) is 9.36 Å². The highest BCUT2D eigenvalue weighted by molar-refractivity contribution is 7.70. The Hall–Kier alpha value is -3.17. The van der Waals surface area contributed by atoms with E-state index in [1.54, 1.807) is 13.3 Å². The van der Waals surface area contributed by atoms with E-state index in [1.807, 2.05) is 54.6 Å². The number of nitrogens with zero attached hydrogens (tertiary/aromatic N) is 1. The summed E-state index contributed by atoms with van der Waals surface area (Å²) < 4.78 is 18.4. The molecule has 0 fully saturated rings. The highest BCUT2D eigenvalue weighted by Gasteiger charge is 2.21. The molecular formula is C24H21N2O3P. The zero-order valence-electron chi connectivity index (χ0n) is 16.8. The molecule has 0 saturated heterocycles. The zero-order valence-corrected chi connectivity index (χ0v) is 17.7. The number of aromatic nitrogens is 1. The molecule has 1 aliphatic rings. The van der Waals surface area contributed by atoms with Gasteiger partial charge in [0.05, 0.1) is 0 Å². The summed E-state index contributed by atoms with van der Waals surface area (Å²) in [6.07, 6.45) is 1.37. The molecule has 0 amide bonds. The van der Waals surface area contributed by atoms with E-state index in [4.69, 9.17) is 4.42 Å². The van der Waals surface area contributed by atoms with Crippen molar-refractivity contribution in [2.75, 3.05) is 18.6 Å². The number of hydrogen-bond acceptors (Lipinski definition) is 5. The second kappa shape index (κ2) is 6.96. The van der Waals surface area contributed by atoms with E-state index in [0.29, 0.717) is 18.0 Å². The number of ketones is 1. The molecule has 0 spiro atoms. The van der Waals surface area contributed by atoms with Crippen LogP contribution in [-0.4, -0.2) is 24.1 Å². The molecule has 0 atom stereocenters. The molecule has 1 aromatic heterocycles. The minimum absolute atomic E-state index is 0.215. The van der Waals surface area contributed by atoms with Crippen molar-refractivity contribution in [1.29, 1.82) is 0 Å². The SMILES string of the molecule is CP(C)(=O)c1cccc(Nc2nc3cccc(-c4ccc5c(c4)CCC5=O)c3o2)c1. The highest BCUT2D eigenvalue weighted by atomic mass is 31.2. The van der Waals surface area contributed by atoms with Crippen molar-refractivity contribution in [3.63, 3.8) is 0 Å². The first-order valence-electron chi connectivity index (χ1n) is 9.87. The molecule has 0 saturated carbocycles. The van der Waals surface area contributed by atoms with Gasteiger partial charge in [-0.1, -0.05) is 42.5 Å². The first-order chi connectivity index (χ1) is 14.4. The van der Waals surface area contributed by atoms with Gasteiger partial charge < -0.3 is 14.3 Å². The molecule has 150 valence electrons. The van der Waals surface area contributed by atoms with Gasteiger partial charge in [0.2, 0.25) is 0 Å². The van der Waals surface area contributed by atoms with Crippen LogP contribution in [-0.2, 0) is 11.0 Å². The van der Waals surface area contributed by atoms with Crippen LogP contribution in [0.5, 0.6) is 0 Å². The van der Waals surface area contributed by atoms with Gasteiger partial charge in [0.1, 0.15) is 12.7 Å². The van der Waals surface area contributed by atoms with Gasteiger partial charge >= 0.3 is 0 Å². The van der Waals surface area contributed by atoms with Crippen LogP contribution >= 0.6 is 7.14 Å². The third-order valence-corrected chi connectivity index (χ3v) is 6.99. The number of carbonyl (C=O) groups is 1. The van der Waals surface area contributed by atoms with Crippen LogP contribution in [0.3, 0.4) is 0 Å². The Labute approximate surface area is 174 Å². The van der Waals surface area contributed by atoms with Crippen molar-refractivity contribution in [3.8, 4) is 11.1 Å². The summed E-state index contributed by atoms with van der Waals surface area (Å²) in [4.78, 5) is 16.5. The molecule has 0 bridgehead atoms. The van der Waals surface area contributed by atoms with Gasteiger partial charge in [-0.3, -0.25) is 4.79 Å². The Morgan fingerprint density at radius 3 is 2.63 bits per heavy atom. The lowest BCUT2D eigenvalue weighted by molar-refractivity contribution is 0.0994. The quantitative estimate of drug-likeness (QED) is 0.438. The smallest absolute Gasteiger partial charge is 0.300 e. The fourth-order valence-electron chi connectivity index (χ4n) is 3.89. The van der Waals surface area contributed by atoms with E-state index in [2.05, 4.69) is 16.4 Å². The highest BCUT2D eigenvalue weighted by Crippen LogP contribution is 2.36. The number of carbonyl (C=O) groups excluding carboxylic acids is 1. The molecule has 0 aliphatic heterocycles. The van der Waals surface area contributed by atoms with Crippen LogP contribution in [0.15, 0.2) is 65.1 Å². The third kappa shape index (κ3) is 3.35.